The van der Waals surface area contributed by atoms with E-state index in [4.69, 9.17) is 0 Å². The third-order valence-electron chi connectivity index (χ3n) is 10.1. The number of benzene rings is 3. The van der Waals surface area contributed by atoms with Crippen LogP contribution < -0.4 is 14.7 Å². The van der Waals surface area contributed by atoms with Crippen molar-refractivity contribution >= 4 is 17.1 Å². The molecule has 2 saturated carbocycles. The molecule has 5 aliphatic rings. The first-order valence-electron chi connectivity index (χ1n) is 21.2. The average molecular weight is 716 g/mol. The molecule has 3 nitrogen and oxygen atoms in total. The Hall–Kier alpha value is -3.82. The first-order chi connectivity index (χ1) is 25.7. The zero-order valence-electron chi connectivity index (χ0n) is 35.9. The van der Waals surface area contributed by atoms with Crippen molar-refractivity contribution in [3.8, 4) is 23.7 Å². The zero-order valence-corrected chi connectivity index (χ0v) is 35.9. The maximum absolute atomic E-state index is 3.38. The smallest absolute Gasteiger partial charge is 0.0408 e. The van der Waals surface area contributed by atoms with Crippen molar-refractivity contribution in [2.24, 2.45) is 11.3 Å². The minimum Gasteiger partial charge on any atom is -0.374 e. The SMILES string of the molecule is CC.CC.CC.CN1CCCc2c(C#CC(C)(C)C)cccc21.CN1CCCc2c(C#CC3CC3)cccc21.CN1CCCc2c(C3CC3)cccc21. The van der Waals surface area contributed by atoms with Gasteiger partial charge in [0.25, 0.3) is 0 Å². The minimum absolute atomic E-state index is 0.0727. The second-order valence-electron chi connectivity index (χ2n) is 15.3. The monoisotopic (exact) mass is 716 g/mol. The molecule has 0 saturated heterocycles. The van der Waals surface area contributed by atoms with Gasteiger partial charge >= 0.3 is 0 Å². The molecule has 0 atom stereocenters. The van der Waals surface area contributed by atoms with Crippen LogP contribution in [-0.4, -0.2) is 40.8 Å². The highest BCUT2D eigenvalue weighted by Crippen LogP contribution is 2.44. The quantitative estimate of drug-likeness (QED) is 0.232. The van der Waals surface area contributed by atoms with Gasteiger partial charge in [-0.3, -0.25) is 0 Å². The second-order valence-corrected chi connectivity index (χ2v) is 15.3. The standard InChI is InChI=1S/C16H21N.C15H17N.C13H17N.3C2H6/c1-16(2,3)11-10-13-7-5-9-15-14(13)8-6-12-17(15)4;1-16-11-3-5-14-13(4-2-6-15(14)16)10-9-12-7-8-12;1-14-9-3-5-12-11(10-7-8-10)4-2-6-13(12)14;3*1-2/h5,7,9H,6,8,12H2,1-4H3;2,4,6,12H,3,5,7-8,11H2,1H3;2,4,6,10H,3,5,7-9H2,1H3;3*1-2H3. The summed E-state index contributed by atoms with van der Waals surface area (Å²) < 4.78 is 0. The highest BCUT2D eigenvalue weighted by Gasteiger charge is 2.28. The maximum Gasteiger partial charge on any atom is 0.0408 e. The van der Waals surface area contributed by atoms with E-state index in [1.54, 1.807) is 11.1 Å². The van der Waals surface area contributed by atoms with E-state index in [1.165, 1.54) is 110 Å². The molecule has 3 heteroatoms. The van der Waals surface area contributed by atoms with Gasteiger partial charge < -0.3 is 14.7 Å². The Kier molecular flexibility index (Phi) is 17.9. The van der Waals surface area contributed by atoms with E-state index in [0.717, 1.165) is 18.9 Å². The lowest BCUT2D eigenvalue weighted by Gasteiger charge is -2.29. The Morgan fingerprint density at radius 2 is 0.943 bits per heavy atom. The van der Waals surface area contributed by atoms with Gasteiger partial charge in [0.1, 0.15) is 0 Å². The van der Waals surface area contributed by atoms with E-state index in [2.05, 4.69) is 135 Å². The third-order valence-corrected chi connectivity index (χ3v) is 10.1. The van der Waals surface area contributed by atoms with Gasteiger partial charge in [0.2, 0.25) is 0 Å². The van der Waals surface area contributed by atoms with Crippen LogP contribution in [0, 0.1) is 35.0 Å². The Morgan fingerprint density at radius 3 is 1.38 bits per heavy atom. The topological polar surface area (TPSA) is 9.72 Å². The molecule has 0 unspecified atom stereocenters. The summed E-state index contributed by atoms with van der Waals surface area (Å²) in [7, 11) is 6.56. The van der Waals surface area contributed by atoms with Gasteiger partial charge in [-0.15, -0.1) is 0 Å². The van der Waals surface area contributed by atoms with Crippen molar-refractivity contribution in [2.45, 2.75) is 132 Å². The van der Waals surface area contributed by atoms with Crippen LogP contribution in [0.2, 0.25) is 0 Å². The molecule has 0 radical (unpaired) electrons. The van der Waals surface area contributed by atoms with Crippen LogP contribution in [-0.2, 0) is 19.3 Å². The van der Waals surface area contributed by atoms with E-state index in [-0.39, 0.29) is 5.41 Å². The number of rotatable bonds is 1. The van der Waals surface area contributed by atoms with Crippen molar-refractivity contribution in [2.75, 3.05) is 55.5 Å². The molecule has 3 aliphatic heterocycles. The molecule has 3 aromatic carbocycles. The van der Waals surface area contributed by atoms with Crippen molar-refractivity contribution in [3.05, 3.63) is 88.0 Å². The van der Waals surface area contributed by atoms with Crippen LogP contribution in [0.1, 0.15) is 147 Å². The fourth-order valence-electron chi connectivity index (χ4n) is 7.13. The number of nitrogens with zero attached hydrogens (tertiary/aromatic N) is 3. The van der Waals surface area contributed by atoms with Crippen LogP contribution in [0.4, 0.5) is 17.1 Å². The van der Waals surface area contributed by atoms with Crippen LogP contribution in [0.3, 0.4) is 0 Å². The van der Waals surface area contributed by atoms with E-state index in [0.29, 0.717) is 5.92 Å². The Bertz CT molecular complexity index is 1670. The summed E-state index contributed by atoms with van der Waals surface area (Å²) in [5.74, 6) is 15.0. The molecular weight excluding hydrogens is 643 g/mol. The summed E-state index contributed by atoms with van der Waals surface area (Å²) in [4.78, 5) is 7.09. The second kappa shape index (κ2) is 21.8. The highest BCUT2D eigenvalue weighted by atomic mass is 15.1. The fourth-order valence-corrected chi connectivity index (χ4v) is 7.13. The number of anilines is 3. The van der Waals surface area contributed by atoms with Crippen molar-refractivity contribution in [3.63, 3.8) is 0 Å². The molecule has 53 heavy (non-hydrogen) atoms. The summed E-state index contributed by atoms with van der Waals surface area (Å²) in [6.07, 6.45) is 12.9. The molecule has 3 aromatic rings. The van der Waals surface area contributed by atoms with Gasteiger partial charge in [-0.25, -0.2) is 0 Å². The van der Waals surface area contributed by atoms with Gasteiger partial charge in [0.15, 0.2) is 0 Å². The average Bonchev–Trinajstić information content (AvgIpc) is 4.12. The molecule has 288 valence electrons. The van der Waals surface area contributed by atoms with E-state index < -0.39 is 0 Å². The summed E-state index contributed by atoms with van der Waals surface area (Å²) in [6.45, 7) is 22.0. The lowest BCUT2D eigenvalue weighted by atomic mass is 9.94. The molecule has 2 aliphatic carbocycles. The lowest BCUT2D eigenvalue weighted by Crippen LogP contribution is -2.25. The Balaban J connectivity index is 0.000000200. The summed E-state index contributed by atoms with van der Waals surface area (Å²) in [5, 5.41) is 0. The van der Waals surface area contributed by atoms with Gasteiger partial charge in [-0.05, 0) is 143 Å². The van der Waals surface area contributed by atoms with E-state index in [9.17, 15) is 0 Å². The first-order valence-corrected chi connectivity index (χ1v) is 21.2. The highest BCUT2D eigenvalue weighted by molar-refractivity contribution is 5.63. The van der Waals surface area contributed by atoms with Crippen molar-refractivity contribution in [1.29, 1.82) is 0 Å². The van der Waals surface area contributed by atoms with Crippen molar-refractivity contribution < 1.29 is 0 Å². The molecule has 0 aromatic heterocycles. The third kappa shape index (κ3) is 12.9. The molecule has 2 fully saturated rings. The molecule has 0 N–H and O–H groups in total. The largest absolute Gasteiger partial charge is 0.374 e. The number of fused-ring (bicyclic) bond motifs is 3. The maximum atomic E-state index is 3.38. The molecule has 0 amide bonds. The van der Waals surface area contributed by atoms with Gasteiger partial charge in [-0.2, -0.15) is 0 Å². The zero-order chi connectivity index (χ0) is 39.0. The van der Waals surface area contributed by atoms with Crippen LogP contribution in [0.25, 0.3) is 0 Å². The molecule has 8 rings (SSSR count). The van der Waals surface area contributed by atoms with Gasteiger partial charge in [-0.1, -0.05) is 89.5 Å². The number of hydrogen-bond acceptors (Lipinski definition) is 3. The van der Waals surface area contributed by atoms with Crippen LogP contribution in [0.5, 0.6) is 0 Å². The van der Waals surface area contributed by atoms with E-state index in [1.807, 2.05) is 41.5 Å². The predicted octanol–water partition coefficient (Wildman–Crippen LogP) is 12.3. The first kappa shape index (κ1) is 43.6. The van der Waals surface area contributed by atoms with Gasteiger partial charge in [0, 0.05) is 80.3 Å². The minimum atomic E-state index is 0.0727. The Labute approximate surface area is 327 Å². The van der Waals surface area contributed by atoms with E-state index >= 15 is 0 Å². The Morgan fingerprint density at radius 1 is 0.528 bits per heavy atom. The van der Waals surface area contributed by atoms with Gasteiger partial charge in [0.05, 0.1) is 0 Å². The molecule has 3 heterocycles. The number of hydrogen-bond donors (Lipinski definition) is 0. The summed E-state index contributed by atoms with van der Waals surface area (Å²) >= 11 is 0. The molecule has 0 spiro atoms. The normalized spacial score (nSPS) is 16.3. The lowest BCUT2D eigenvalue weighted by molar-refractivity contribution is 0.571. The van der Waals surface area contributed by atoms with Crippen molar-refractivity contribution in [1.82, 2.24) is 0 Å². The summed E-state index contributed by atoms with van der Waals surface area (Å²) in [6, 6.07) is 19.9. The van der Waals surface area contributed by atoms with Crippen LogP contribution in [0.15, 0.2) is 54.6 Å². The molecule has 0 bridgehead atoms. The fraction of sp³-hybridized carbons (Fsp3) is 0.560. The van der Waals surface area contributed by atoms with Crippen LogP contribution >= 0.6 is 0 Å². The predicted molar refractivity (Wildman–Crippen MR) is 236 cm³/mol. The molecular formula is C50H73N3. The summed E-state index contributed by atoms with van der Waals surface area (Å²) in [5.41, 5.74) is 13.0.